The van der Waals surface area contributed by atoms with Crippen LogP contribution in [0.5, 0.6) is 17.2 Å². The average molecular weight is 329 g/mol. The van der Waals surface area contributed by atoms with Crippen molar-refractivity contribution in [2.75, 3.05) is 34.9 Å². The zero-order valence-electron chi connectivity index (χ0n) is 14.6. The number of hydrogen-bond acceptors (Lipinski definition) is 4. The number of aliphatic imine (C=N–C) groups is 1. The molecule has 0 aromatic heterocycles. The highest BCUT2D eigenvalue weighted by atomic mass is 16.5. The quantitative estimate of drug-likeness (QED) is 0.761. The van der Waals surface area contributed by atoms with Gasteiger partial charge in [-0.05, 0) is 24.3 Å². The summed E-state index contributed by atoms with van der Waals surface area (Å²) in [4.78, 5) is 5.79. The van der Waals surface area contributed by atoms with Crippen molar-refractivity contribution in [1.82, 2.24) is 0 Å². The molecule has 24 heavy (non-hydrogen) atoms. The van der Waals surface area contributed by atoms with Gasteiger partial charge < -0.3 is 19.5 Å². The fourth-order valence-electron chi connectivity index (χ4n) is 2.61. The van der Waals surface area contributed by atoms with Crippen LogP contribution in [0.4, 0.5) is 0 Å². The summed E-state index contributed by atoms with van der Waals surface area (Å²) >= 11 is 0. The van der Waals surface area contributed by atoms with E-state index in [9.17, 15) is 5.11 Å². The maximum atomic E-state index is 10.1. The van der Waals surface area contributed by atoms with Crippen molar-refractivity contribution in [3.63, 3.8) is 0 Å². The van der Waals surface area contributed by atoms with Gasteiger partial charge in [0, 0.05) is 11.8 Å². The molecule has 0 aliphatic heterocycles. The lowest BCUT2D eigenvalue weighted by Crippen LogP contribution is -3.06. The Bertz CT molecular complexity index is 699. The molecule has 0 radical (unpaired) electrons. The van der Waals surface area contributed by atoms with Gasteiger partial charge in [-0.2, -0.15) is 0 Å². The molecule has 0 heterocycles. The maximum Gasteiger partial charge on any atom is 0.166 e. The van der Waals surface area contributed by atoms with Crippen LogP contribution in [0.3, 0.4) is 0 Å². The maximum absolute atomic E-state index is 10.1. The molecular weight excluding hydrogens is 304 g/mol. The third-order valence-corrected chi connectivity index (χ3v) is 3.98. The van der Waals surface area contributed by atoms with Gasteiger partial charge in [0.2, 0.25) is 0 Å². The summed E-state index contributed by atoms with van der Waals surface area (Å²) in [5, 5.41) is 10.1. The fraction of sp³-hybridized carbons (Fsp3) is 0.316. The zero-order chi connectivity index (χ0) is 17.5. The summed E-state index contributed by atoms with van der Waals surface area (Å²) in [6.45, 7) is 0.583. The topological polar surface area (TPSA) is 55.5 Å². The van der Waals surface area contributed by atoms with Crippen LogP contribution < -0.4 is 14.4 Å². The van der Waals surface area contributed by atoms with E-state index in [1.807, 2.05) is 30.3 Å². The van der Waals surface area contributed by atoms with Crippen LogP contribution >= 0.6 is 0 Å². The lowest BCUT2D eigenvalue weighted by Gasteiger charge is -2.21. The highest BCUT2D eigenvalue weighted by molar-refractivity contribution is 5.84. The van der Waals surface area contributed by atoms with Crippen molar-refractivity contribution in [3.05, 3.63) is 53.6 Å². The predicted molar refractivity (Wildman–Crippen MR) is 95.7 cm³/mol. The van der Waals surface area contributed by atoms with E-state index in [-0.39, 0.29) is 11.8 Å². The second-order valence-electron chi connectivity index (χ2n) is 5.76. The number of phenols is 1. The molecule has 0 saturated heterocycles. The number of likely N-dealkylation sites (N-methyl/N-ethyl adjacent to an activating group) is 1. The van der Waals surface area contributed by atoms with Crippen LogP contribution in [-0.2, 0) is 0 Å². The van der Waals surface area contributed by atoms with E-state index in [0.29, 0.717) is 17.9 Å². The van der Waals surface area contributed by atoms with Gasteiger partial charge in [-0.25, -0.2) is 0 Å². The molecule has 128 valence electrons. The molecule has 0 aliphatic carbocycles. The van der Waals surface area contributed by atoms with E-state index in [0.717, 1.165) is 11.3 Å². The number of nitrogens with one attached hydrogen (secondary N) is 1. The van der Waals surface area contributed by atoms with E-state index in [1.165, 1.54) is 12.0 Å². The van der Waals surface area contributed by atoms with Crippen LogP contribution in [0.15, 0.2) is 47.5 Å². The van der Waals surface area contributed by atoms with Crippen molar-refractivity contribution < 1.29 is 19.5 Å². The third kappa shape index (κ3) is 4.06. The Hall–Kier alpha value is -2.53. The molecule has 0 aliphatic rings. The minimum absolute atomic E-state index is 0.106. The first kappa shape index (κ1) is 17.8. The zero-order valence-corrected chi connectivity index (χ0v) is 14.6. The van der Waals surface area contributed by atoms with Crippen molar-refractivity contribution in [1.29, 1.82) is 0 Å². The molecule has 2 aromatic carbocycles. The number of ether oxygens (including phenoxy) is 2. The molecule has 0 bridgehead atoms. The summed E-state index contributed by atoms with van der Waals surface area (Å²) < 4.78 is 10.6. The number of nitrogens with zero attached hydrogens (tertiary/aromatic N) is 1. The average Bonchev–Trinajstić information content (AvgIpc) is 2.59. The van der Waals surface area contributed by atoms with E-state index >= 15 is 0 Å². The normalized spacial score (nSPS) is 12.5. The molecular formula is C19H25N2O3+. The Morgan fingerprint density at radius 3 is 2.38 bits per heavy atom. The van der Waals surface area contributed by atoms with Crippen LogP contribution in [0.1, 0.15) is 17.2 Å². The number of hydrogen-bond donors (Lipinski definition) is 2. The summed E-state index contributed by atoms with van der Waals surface area (Å²) in [7, 11) is 7.40. The van der Waals surface area contributed by atoms with Crippen LogP contribution in [0, 0.1) is 0 Å². The number of rotatable bonds is 7. The Kier molecular flexibility index (Phi) is 6.21. The predicted octanol–water partition coefficient (Wildman–Crippen LogP) is 1.71. The molecule has 0 fully saturated rings. The summed E-state index contributed by atoms with van der Waals surface area (Å²) in [6.07, 6.45) is 1.68. The summed E-state index contributed by atoms with van der Waals surface area (Å²) in [5.41, 5.74) is 1.76. The first-order valence-electron chi connectivity index (χ1n) is 7.87. The summed E-state index contributed by atoms with van der Waals surface area (Å²) in [6, 6.07) is 13.5. The standard InChI is InChI=1S/C19H24N2O3/c1-21(2)16(15-9-5-6-10-17(15)23-3)13-20-12-14-8-7-11-18(24-4)19(14)22/h5-12,16,22H,13H2,1-4H3/p+1/t16-/m0/s1. The number of para-hydroxylation sites is 2. The minimum atomic E-state index is 0.106. The van der Waals surface area contributed by atoms with Crippen molar-refractivity contribution in [2.24, 2.45) is 4.99 Å². The van der Waals surface area contributed by atoms with Crippen LogP contribution in [-0.4, -0.2) is 46.2 Å². The Morgan fingerprint density at radius 1 is 1.04 bits per heavy atom. The highest BCUT2D eigenvalue weighted by Gasteiger charge is 2.20. The lowest BCUT2D eigenvalue weighted by atomic mass is 10.0. The number of methoxy groups -OCH3 is 2. The number of benzene rings is 2. The minimum Gasteiger partial charge on any atom is -0.504 e. The number of aromatic hydroxyl groups is 1. The SMILES string of the molecule is COc1ccccc1[C@H](CN=Cc1cccc(OC)c1O)[NH+](C)C. The van der Waals surface area contributed by atoms with Gasteiger partial charge in [0.1, 0.15) is 11.8 Å². The van der Waals surface area contributed by atoms with E-state index < -0.39 is 0 Å². The molecule has 0 unspecified atom stereocenters. The molecule has 5 heteroatoms. The van der Waals surface area contributed by atoms with Gasteiger partial charge >= 0.3 is 0 Å². The van der Waals surface area contributed by atoms with Gasteiger partial charge in [-0.1, -0.05) is 18.2 Å². The fourth-order valence-corrected chi connectivity index (χ4v) is 2.61. The smallest absolute Gasteiger partial charge is 0.166 e. The molecule has 0 saturated carbocycles. The molecule has 2 rings (SSSR count). The van der Waals surface area contributed by atoms with Gasteiger partial charge in [0.15, 0.2) is 11.5 Å². The largest absolute Gasteiger partial charge is 0.504 e. The monoisotopic (exact) mass is 329 g/mol. The molecule has 5 nitrogen and oxygen atoms in total. The summed E-state index contributed by atoms with van der Waals surface area (Å²) in [5.74, 6) is 1.41. The molecule has 2 aromatic rings. The number of quaternary nitrogens is 1. The van der Waals surface area contributed by atoms with Crippen molar-refractivity contribution >= 4 is 6.21 Å². The Labute approximate surface area is 143 Å². The van der Waals surface area contributed by atoms with Gasteiger partial charge in [0.05, 0.1) is 40.4 Å². The van der Waals surface area contributed by atoms with Gasteiger partial charge in [-0.15, -0.1) is 0 Å². The Balaban J connectivity index is 2.21. The van der Waals surface area contributed by atoms with E-state index in [4.69, 9.17) is 9.47 Å². The lowest BCUT2D eigenvalue weighted by molar-refractivity contribution is -0.890. The Morgan fingerprint density at radius 2 is 1.71 bits per heavy atom. The third-order valence-electron chi connectivity index (χ3n) is 3.98. The van der Waals surface area contributed by atoms with Crippen molar-refractivity contribution in [3.8, 4) is 17.2 Å². The highest BCUT2D eigenvalue weighted by Crippen LogP contribution is 2.28. The first-order chi connectivity index (χ1) is 11.6. The van der Waals surface area contributed by atoms with E-state index in [2.05, 4.69) is 25.2 Å². The van der Waals surface area contributed by atoms with Crippen molar-refractivity contribution in [2.45, 2.75) is 6.04 Å². The van der Waals surface area contributed by atoms with Crippen LogP contribution in [0.2, 0.25) is 0 Å². The number of phenolic OH excluding ortho intramolecular Hbond substituents is 1. The van der Waals surface area contributed by atoms with Gasteiger partial charge in [0.25, 0.3) is 0 Å². The second-order valence-corrected chi connectivity index (χ2v) is 5.76. The van der Waals surface area contributed by atoms with Gasteiger partial charge in [-0.3, -0.25) is 4.99 Å². The second kappa shape index (κ2) is 8.36. The molecule has 1 atom stereocenters. The van der Waals surface area contributed by atoms with Crippen LogP contribution in [0.25, 0.3) is 0 Å². The molecule has 0 amide bonds. The molecule has 2 N–H and O–H groups in total. The molecule has 0 spiro atoms. The van der Waals surface area contributed by atoms with E-state index in [1.54, 1.807) is 19.4 Å². The first-order valence-corrected chi connectivity index (χ1v) is 7.87.